The largest absolute Gasteiger partial charge is 0.478 e. The van der Waals surface area contributed by atoms with E-state index in [9.17, 15) is 4.79 Å². The van der Waals surface area contributed by atoms with Crippen molar-refractivity contribution in [2.45, 2.75) is 20.3 Å². The molecule has 1 N–H and O–H groups in total. The molecule has 60 valence electrons. The molecule has 0 radical (unpaired) electrons. The molecule has 0 bridgehead atoms. The van der Waals surface area contributed by atoms with Gasteiger partial charge < -0.3 is 5.11 Å². The monoisotopic (exact) mass is 170 g/mol. The highest BCUT2D eigenvalue weighted by atomic mass is 32.1. The summed E-state index contributed by atoms with van der Waals surface area (Å²) in [5.41, 5.74) is 1.37. The zero-order valence-electron chi connectivity index (χ0n) is 6.55. The normalized spacial score (nSPS) is 10.0. The highest BCUT2D eigenvalue weighted by Crippen LogP contribution is 2.21. The smallest absolute Gasteiger partial charge is 0.336 e. The van der Waals surface area contributed by atoms with Crippen molar-refractivity contribution in [3.63, 3.8) is 0 Å². The molecule has 0 aliphatic carbocycles. The molecule has 0 atom stereocenters. The molecule has 0 saturated carbocycles. The maximum atomic E-state index is 10.6. The molecule has 1 aromatic rings. The van der Waals surface area contributed by atoms with Crippen LogP contribution in [0.3, 0.4) is 0 Å². The molecular formula is C8H10O2S. The molecule has 0 saturated heterocycles. The van der Waals surface area contributed by atoms with Crippen molar-refractivity contribution in [2.24, 2.45) is 0 Å². The Morgan fingerprint density at radius 1 is 1.73 bits per heavy atom. The fraction of sp³-hybridized carbons (Fsp3) is 0.375. The molecule has 1 aromatic heterocycles. The van der Waals surface area contributed by atoms with Crippen molar-refractivity contribution in [1.82, 2.24) is 0 Å². The molecule has 0 amide bonds. The average Bonchev–Trinajstić information content (AvgIpc) is 2.30. The lowest BCUT2D eigenvalue weighted by atomic mass is 10.1. The summed E-state index contributed by atoms with van der Waals surface area (Å²) in [5.74, 6) is -0.821. The molecule has 11 heavy (non-hydrogen) atoms. The number of aryl methyl sites for hydroxylation is 1. The van der Waals surface area contributed by atoms with Gasteiger partial charge in [-0.2, -0.15) is 0 Å². The number of hydrogen-bond acceptors (Lipinski definition) is 2. The van der Waals surface area contributed by atoms with Crippen molar-refractivity contribution < 1.29 is 9.90 Å². The van der Waals surface area contributed by atoms with Crippen LogP contribution < -0.4 is 0 Å². The van der Waals surface area contributed by atoms with Gasteiger partial charge in [0.15, 0.2) is 0 Å². The van der Waals surface area contributed by atoms with Gasteiger partial charge in [0.25, 0.3) is 0 Å². The van der Waals surface area contributed by atoms with E-state index in [1.165, 1.54) is 16.2 Å². The summed E-state index contributed by atoms with van der Waals surface area (Å²) in [5, 5.41) is 10.4. The summed E-state index contributed by atoms with van der Waals surface area (Å²) in [4.78, 5) is 11.7. The van der Waals surface area contributed by atoms with E-state index in [2.05, 4.69) is 0 Å². The molecule has 0 spiro atoms. The molecule has 0 aromatic carbocycles. The molecule has 0 fully saturated rings. The number of carbonyl (C=O) groups is 1. The van der Waals surface area contributed by atoms with Gasteiger partial charge in [-0.05, 0) is 18.9 Å². The number of carboxylic acids is 1. The molecular weight excluding hydrogens is 160 g/mol. The van der Waals surface area contributed by atoms with Crippen LogP contribution >= 0.6 is 11.3 Å². The van der Waals surface area contributed by atoms with E-state index in [1.807, 2.05) is 13.8 Å². The summed E-state index contributed by atoms with van der Waals surface area (Å²) in [6.45, 7) is 3.89. The van der Waals surface area contributed by atoms with E-state index < -0.39 is 5.97 Å². The molecule has 3 heteroatoms. The van der Waals surface area contributed by atoms with E-state index in [-0.39, 0.29) is 0 Å². The summed E-state index contributed by atoms with van der Waals surface area (Å²) in [7, 11) is 0. The van der Waals surface area contributed by atoms with Gasteiger partial charge in [0.2, 0.25) is 0 Å². The van der Waals surface area contributed by atoms with Gasteiger partial charge in [0, 0.05) is 10.3 Å². The number of thiophene rings is 1. The van der Waals surface area contributed by atoms with Crippen LogP contribution in [0.25, 0.3) is 0 Å². The van der Waals surface area contributed by atoms with Crippen molar-refractivity contribution in [3.8, 4) is 0 Å². The Morgan fingerprint density at radius 3 is 2.64 bits per heavy atom. The lowest BCUT2D eigenvalue weighted by Gasteiger charge is -1.93. The number of hydrogen-bond donors (Lipinski definition) is 1. The van der Waals surface area contributed by atoms with E-state index in [0.29, 0.717) is 5.56 Å². The topological polar surface area (TPSA) is 37.3 Å². The van der Waals surface area contributed by atoms with Gasteiger partial charge in [0.05, 0.1) is 5.56 Å². The Hall–Kier alpha value is -0.830. The first kappa shape index (κ1) is 8.27. The van der Waals surface area contributed by atoms with Crippen molar-refractivity contribution >= 4 is 17.3 Å². The summed E-state index contributed by atoms with van der Waals surface area (Å²) >= 11 is 1.52. The third-order valence-electron chi connectivity index (χ3n) is 1.69. The van der Waals surface area contributed by atoms with Crippen LogP contribution in [0.2, 0.25) is 0 Å². The fourth-order valence-corrected chi connectivity index (χ4v) is 2.01. The van der Waals surface area contributed by atoms with Crippen LogP contribution in [0.15, 0.2) is 5.38 Å². The predicted octanol–water partition coefficient (Wildman–Crippen LogP) is 2.32. The van der Waals surface area contributed by atoms with Crippen LogP contribution in [0.1, 0.15) is 27.7 Å². The second kappa shape index (κ2) is 3.05. The van der Waals surface area contributed by atoms with Crippen LogP contribution in [0.5, 0.6) is 0 Å². The van der Waals surface area contributed by atoms with Crippen molar-refractivity contribution in [2.75, 3.05) is 0 Å². The summed E-state index contributed by atoms with van der Waals surface area (Å²) in [6, 6.07) is 0. The second-order valence-electron chi connectivity index (χ2n) is 2.36. The quantitative estimate of drug-likeness (QED) is 0.739. The molecule has 1 rings (SSSR count). The van der Waals surface area contributed by atoms with Crippen molar-refractivity contribution in [1.29, 1.82) is 0 Å². The molecule has 1 heterocycles. The van der Waals surface area contributed by atoms with E-state index >= 15 is 0 Å². The van der Waals surface area contributed by atoms with Gasteiger partial charge in [-0.1, -0.05) is 6.92 Å². The van der Waals surface area contributed by atoms with E-state index in [4.69, 9.17) is 5.11 Å². The highest BCUT2D eigenvalue weighted by molar-refractivity contribution is 7.10. The number of carboxylic acid groups (broad SMARTS) is 1. The van der Waals surface area contributed by atoms with Gasteiger partial charge in [-0.3, -0.25) is 0 Å². The van der Waals surface area contributed by atoms with Gasteiger partial charge in [-0.25, -0.2) is 4.79 Å². The predicted molar refractivity (Wildman–Crippen MR) is 45.4 cm³/mol. The van der Waals surface area contributed by atoms with Gasteiger partial charge in [0.1, 0.15) is 0 Å². The molecule has 0 unspecified atom stereocenters. The zero-order valence-corrected chi connectivity index (χ0v) is 7.36. The second-order valence-corrected chi connectivity index (χ2v) is 3.32. The van der Waals surface area contributed by atoms with Crippen LogP contribution in [0, 0.1) is 6.92 Å². The first-order valence-electron chi connectivity index (χ1n) is 3.47. The average molecular weight is 170 g/mol. The SMILES string of the molecule is CCc1scc(C(=O)O)c1C. The summed E-state index contributed by atoms with van der Waals surface area (Å²) < 4.78 is 0. The van der Waals surface area contributed by atoms with Crippen molar-refractivity contribution in [3.05, 3.63) is 21.4 Å². The minimum absolute atomic E-state index is 0.451. The Balaban J connectivity index is 3.10. The van der Waals surface area contributed by atoms with Crippen LogP contribution in [-0.4, -0.2) is 11.1 Å². The zero-order chi connectivity index (χ0) is 8.43. The van der Waals surface area contributed by atoms with Gasteiger partial charge >= 0.3 is 5.97 Å². The minimum Gasteiger partial charge on any atom is -0.478 e. The lowest BCUT2D eigenvalue weighted by molar-refractivity contribution is 0.0696. The third-order valence-corrected chi connectivity index (χ3v) is 2.93. The number of rotatable bonds is 2. The Kier molecular flexibility index (Phi) is 2.29. The first-order valence-corrected chi connectivity index (χ1v) is 4.35. The number of aromatic carboxylic acids is 1. The lowest BCUT2D eigenvalue weighted by Crippen LogP contribution is -1.96. The van der Waals surface area contributed by atoms with Crippen LogP contribution in [0.4, 0.5) is 0 Å². The van der Waals surface area contributed by atoms with E-state index in [1.54, 1.807) is 5.38 Å². The molecule has 0 aliphatic heterocycles. The standard InChI is InChI=1S/C8H10O2S/c1-3-7-5(2)6(4-11-7)8(9)10/h4H,3H2,1-2H3,(H,9,10). The molecule has 0 aliphatic rings. The van der Waals surface area contributed by atoms with Gasteiger partial charge in [-0.15, -0.1) is 11.3 Å². The minimum atomic E-state index is -0.821. The maximum absolute atomic E-state index is 10.6. The Bertz CT molecular complexity index is 276. The summed E-state index contributed by atoms with van der Waals surface area (Å²) in [6.07, 6.45) is 0.920. The van der Waals surface area contributed by atoms with E-state index in [0.717, 1.165) is 12.0 Å². The molecule has 2 nitrogen and oxygen atoms in total. The first-order chi connectivity index (χ1) is 5.16. The third kappa shape index (κ3) is 1.43. The highest BCUT2D eigenvalue weighted by Gasteiger charge is 2.11. The Morgan fingerprint density at radius 2 is 2.36 bits per heavy atom. The Labute approximate surface area is 69.5 Å². The van der Waals surface area contributed by atoms with Crippen LogP contribution in [-0.2, 0) is 6.42 Å². The fourth-order valence-electron chi connectivity index (χ4n) is 1.02. The maximum Gasteiger partial charge on any atom is 0.336 e.